The van der Waals surface area contributed by atoms with Gasteiger partial charge in [0.05, 0.1) is 6.33 Å². The number of imidazole rings is 1. The maximum atomic E-state index is 4.33. The van der Waals surface area contributed by atoms with Crippen LogP contribution in [0, 0.1) is 6.92 Å². The Morgan fingerprint density at radius 1 is 1.39 bits per heavy atom. The van der Waals surface area contributed by atoms with E-state index in [0.717, 1.165) is 19.6 Å². The zero-order valence-corrected chi connectivity index (χ0v) is 10.8. The second-order valence-electron chi connectivity index (χ2n) is 5.06. The van der Waals surface area contributed by atoms with Gasteiger partial charge in [-0.05, 0) is 31.0 Å². The first kappa shape index (κ1) is 11.5. The van der Waals surface area contributed by atoms with E-state index in [0.29, 0.717) is 5.92 Å². The molecule has 1 atom stereocenters. The van der Waals surface area contributed by atoms with Gasteiger partial charge >= 0.3 is 0 Å². The van der Waals surface area contributed by atoms with E-state index in [9.17, 15) is 0 Å². The fourth-order valence-electron chi connectivity index (χ4n) is 2.68. The van der Waals surface area contributed by atoms with Crippen LogP contribution in [0.4, 0.5) is 0 Å². The number of aryl methyl sites for hydroxylation is 1. The van der Waals surface area contributed by atoms with Crippen LogP contribution in [0.5, 0.6) is 0 Å². The highest BCUT2D eigenvalue weighted by atomic mass is 15.1. The number of rotatable bonds is 3. The monoisotopic (exact) mass is 241 g/mol. The lowest BCUT2D eigenvalue weighted by Gasteiger charge is -2.14. The molecule has 0 spiro atoms. The molecule has 1 aromatic heterocycles. The highest BCUT2D eigenvalue weighted by Gasteiger charge is 2.20. The lowest BCUT2D eigenvalue weighted by Crippen LogP contribution is -2.12. The number of hydrogen-bond donors (Lipinski definition) is 1. The van der Waals surface area contributed by atoms with Crippen LogP contribution < -0.4 is 5.32 Å². The quantitative estimate of drug-likeness (QED) is 0.893. The van der Waals surface area contributed by atoms with Crippen LogP contribution in [0.1, 0.15) is 29.2 Å². The average molecular weight is 241 g/mol. The predicted molar refractivity (Wildman–Crippen MR) is 72.7 cm³/mol. The molecule has 2 heterocycles. The number of aromatic nitrogens is 2. The zero-order valence-electron chi connectivity index (χ0n) is 10.8. The maximum absolute atomic E-state index is 4.33. The fourth-order valence-corrected chi connectivity index (χ4v) is 2.68. The molecule has 2 aromatic rings. The van der Waals surface area contributed by atoms with Crippen LogP contribution in [0.15, 0.2) is 36.8 Å². The summed E-state index contributed by atoms with van der Waals surface area (Å²) in [6.07, 6.45) is 5.20. The van der Waals surface area contributed by atoms with Gasteiger partial charge in [-0.3, -0.25) is 0 Å². The molecule has 0 aliphatic carbocycles. The van der Waals surface area contributed by atoms with Crippen molar-refractivity contribution in [2.24, 2.45) is 0 Å². The van der Waals surface area contributed by atoms with Crippen LogP contribution >= 0.6 is 0 Å². The van der Waals surface area contributed by atoms with E-state index in [-0.39, 0.29) is 0 Å². The molecule has 1 fully saturated rings. The van der Waals surface area contributed by atoms with Crippen molar-refractivity contribution in [1.82, 2.24) is 14.9 Å². The number of nitrogens with zero attached hydrogens (tertiary/aromatic N) is 2. The second-order valence-corrected chi connectivity index (χ2v) is 5.06. The first-order valence-corrected chi connectivity index (χ1v) is 6.60. The molecule has 1 unspecified atom stereocenters. The Bertz CT molecular complexity index is 524. The van der Waals surface area contributed by atoms with Gasteiger partial charge in [0, 0.05) is 30.9 Å². The van der Waals surface area contributed by atoms with Crippen LogP contribution in [-0.4, -0.2) is 22.6 Å². The highest BCUT2D eigenvalue weighted by Crippen LogP contribution is 2.23. The molecular formula is C15H19N3. The average Bonchev–Trinajstić information content (AvgIpc) is 3.02. The Morgan fingerprint density at radius 3 is 3.06 bits per heavy atom. The summed E-state index contributed by atoms with van der Waals surface area (Å²) in [7, 11) is 0. The van der Waals surface area contributed by atoms with Gasteiger partial charge in [0.1, 0.15) is 0 Å². The highest BCUT2D eigenvalue weighted by molar-refractivity contribution is 5.26. The van der Waals surface area contributed by atoms with Crippen molar-refractivity contribution in [3.8, 4) is 0 Å². The number of nitrogens with one attached hydrogen (secondary N) is 1. The molecular weight excluding hydrogens is 222 g/mol. The minimum Gasteiger partial charge on any atom is -0.330 e. The molecule has 3 rings (SSSR count). The largest absolute Gasteiger partial charge is 0.330 e. The lowest BCUT2D eigenvalue weighted by atomic mass is 10.0. The Hall–Kier alpha value is -1.61. The molecule has 0 amide bonds. The Kier molecular flexibility index (Phi) is 3.15. The molecule has 1 aliphatic rings. The summed E-state index contributed by atoms with van der Waals surface area (Å²) in [6.45, 7) is 5.31. The third-order valence-electron chi connectivity index (χ3n) is 3.83. The molecule has 1 aliphatic heterocycles. The lowest BCUT2D eigenvalue weighted by molar-refractivity contribution is 0.653. The van der Waals surface area contributed by atoms with E-state index >= 15 is 0 Å². The van der Waals surface area contributed by atoms with E-state index in [2.05, 4.69) is 46.1 Å². The Morgan fingerprint density at radius 2 is 2.28 bits per heavy atom. The molecule has 1 saturated heterocycles. The van der Waals surface area contributed by atoms with Gasteiger partial charge in [-0.1, -0.05) is 24.3 Å². The molecule has 1 aromatic carbocycles. The molecule has 18 heavy (non-hydrogen) atoms. The summed E-state index contributed by atoms with van der Waals surface area (Å²) < 4.78 is 2.29. The van der Waals surface area contributed by atoms with Crippen molar-refractivity contribution < 1.29 is 0 Å². The fraction of sp³-hybridized carbons (Fsp3) is 0.400. The zero-order chi connectivity index (χ0) is 12.4. The van der Waals surface area contributed by atoms with Gasteiger partial charge in [0.2, 0.25) is 0 Å². The van der Waals surface area contributed by atoms with Crippen LogP contribution in [-0.2, 0) is 6.54 Å². The van der Waals surface area contributed by atoms with Crippen molar-refractivity contribution in [2.45, 2.75) is 25.8 Å². The molecule has 94 valence electrons. The Labute approximate surface area is 108 Å². The first-order valence-electron chi connectivity index (χ1n) is 6.60. The molecule has 1 N–H and O–H groups in total. The molecule has 0 radical (unpaired) electrons. The van der Waals surface area contributed by atoms with Gasteiger partial charge in [-0.2, -0.15) is 0 Å². The van der Waals surface area contributed by atoms with E-state index < -0.39 is 0 Å². The van der Waals surface area contributed by atoms with Gasteiger partial charge in [-0.15, -0.1) is 0 Å². The molecule has 0 saturated carbocycles. The summed E-state index contributed by atoms with van der Waals surface area (Å²) in [4.78, 5) is 4.33. The van der Waals surface area contributed by atoms with Crippen molar-refractivity contribution in [3.05, 3.63) is 53.6 Å². The summed E-state index contributed by atoms with van der Waals surface area (Å²) in [5.74, 6) is 0.622. The summed E-state index contributed by atoms with van der Waals surface area (Å²) in [6, 6.07) is 8.57. The van der Waals surface area contributed by atoms with Crippen molar-refractivity contribution in [2.75, 3.05) is 13.1 Å². The molecule has 0 bridgehead atoms. The smallest absolute Gasteiger partial charge is 0.0951 e. The third-order valence-corrected chi connectivity index (χ3v) is 3.83. The van der Waals surface area contributed by atoms with Crippen LogP contribution in [0.3, 0.4) is 0 Å². The third kappa shape index (κ3) is 2.18. The van der Waals surface area contributed by atoms with Gasteiger partial charge in [-0.25, -0.2) is 4.98 Å². The Balaban J connectivity index is 1.85. The number of benzene rings is 1. The second kappa shape index (κ2) is 4.94. The van der Waals surface area contributed by atoms with Gasteiger partial charge in [0.15, 0.2) is 0 Å². The van der Waals surface area contributed by atoms with E-state index in [1.807, 2.05) is 12.5 Å². The number of hydrogen-bond acceptors (Lipinski definition) is 2. The van der Waals surface area contributed by atoms with Crippen molar-refractivity contribution in [1.29, 1.82) is 0 Å². The van der Waals surface area contributed by atoms with E-state index in [1.165, 1.54) is 23.2 Å². The van der Waals surface area contributed by atoms with Gasteiger partial charge < -0.3 is 9.88 Å². The standard InChI is InChI=1S/C15H19N3/c1-12-4-2-3-5-14(12)10-18-11-17-9-15(18)13-6-7-16-8-13/h2-5,9,11,13,16H,6-8,10H2,1H3. The van der Waals surface area contributed by atoms with Crippen LogP contribution in [0.2, 0.25) is 0 Å². The molecule has 3 heteroatoms. The van der Waals surface area contributed by atoms with E-state index in [1.54, 1.807) is 0 Å². The SMILES string of the molecule is Cc1ccccc1Cn1cncc1C1CCNC1. The van der Waals surface area contributed by atoms with E-state index in [4.69, 9.17) is 0 Å². The molecule has 3 nitrogen and oxygen atoms in total. The minimum atomic E-state index is 0.622. The first-order chi connectivity index (χ1) is 8.84. The normalized spacial score (nSPS) is 19.3. The van der Waals surface area contributed by atoms with Gasteiger partial charge in [0.25, 0.3) is 0 Å². The summed E-state index contributed by atoms with van der Waals surface area (Å²) in [5.41, 5.74) is 4.09. The van der Waals surface area contributed by atoms with Crippen molar-refractivity contribution in [3.63, 3.8) is 0 Å². The van der Waals surface area contributed by atoms with Crippen LogP contribution in [0.25, 0.3) is 0 Å². The minimum absolute atomic E-state index is 0.622. The van der Waals surface area contributed by atoms with Crippen molar-refractivity contribution >= 4 is 0 Å². The topological polar surface area (TPSA) is 29.9 Å². The summed E-state index contributed by atoms with van der Waals surface area (Å²) in [5, 5.41) is 3.42. The maximum Gasteiger partial charge on any atom is 0.0951 e. The predicted octanol–water partition coefficient (Wildman–Crippen LogP) is 2.32. The summed E-state index contributed by atoms with van der Waals surface area (Å²) >= 11 is 0.